The Morgan fingerprint density at radius 2 is 1.48 bits per heavy atom. The first-order chi connectivity index (χ1) is 10.6. The number of hydrogen-bond donors (Lipinski definition) is 0. The fourth-order valence-electron chi connectivity index (χ4n) is 4.78. The highest BCUT2D eigenvalue weighted by molar-refractivity contribution is 5.23. The highest BCUT2D eigenvalue weighted by Gasteiger charge is 2.42. The molecule has 0 aromatic carbocycles. The molecule has 136 valence electrons. The van der Waals surface area contributed by atoms with Crippen molar-refractivity contribution in [3.8, 4) is 0 Å². The average Bonchev–Trinajstić information content (AvgIpc) is 2.50. The molecule has 5 unspecified atom stereocenters. The van der Waals surface area contributed by atoms with Crippen molar-refractivity contribution in [2.24, 2.45) is 35.0 Å². The largest absolute Gasteiger partial charge is 0.0710 e. The normalized spacial score (nSPS) is 30.4. The molecule has 23 heavy (non-hydrogen) atoms. The van der Waals surface area contributed by atoms with Gasteiger partial charge in [-0.05, 0) is 55.3 Å². The molecular formula is C23H44. The molecule has 0 heteroatoms. The van der Waals surface area contributed by atoms with Crippen molar-refractivity contribution in [2.75, 3.05) is 0 Å². The van der Waals surface area contributed by atoms with Crippen molar-refractivity contribution in [1.82, 2.24) is 0 Å². The summed E-state index contributed by atoms with van der Waals surface area (Å²) in [6.45, 7) is 21.9. The predicted molar refractivity (Wildman–Crippen MR) is 106 cm³/mol. The predicted octanol–water partition coefficient (Wildman–Crippen LogP) is 7.88. The lowest BCUT2D eigenvalue weighted by molar-refractivity contribution is 0.0794. The molecule has 0 spiro atoms. The van der Waals surface area contributed by atoms with Crippen molar-refractivity contribution in [1.29, 1.82) is 0 Å². The number of allylic oxidation sites excluding steroid dienone is 2. The van der Waals surface area contributed by atoms with Gasteiger partial charge >= 0.3 is 0 Å². The molecule has 0 saturated heterocycles. The molecule has 1 rings (SSSR count). The van der Waals surface area contributed by atoms with Crippen molar-refractivity contribution in [2.45, 2.75) is 101 Å². The molecule has 0 fully saturated rings. The van der Waals surface area contributed by atoms with Gasteiger partial charge < -0.3 is 0 Å². The molecule has 0 radical (unpaired) electrons. The molecule has 0 nitrogen and oxygen atoms in total. The van der Waals surface area contributed by atoms with Gasteiger partial charge in [-0.25, -0.2) is 0 Å². The maximum Gasteiger partial charge on any atom is -0.0178 e. The van der Waals surface area contributed by atoms with Gasteiger partial charge in [-0.3, -0.25) is 0 Å². The lowest BCUT2D eigenvalue weighted by atomic mass is 9.56. The van der Waals surface area contributed by atoms with Crippen LogP contribution in [0.15, 0.2) is 11.1 Å². The quantitative estimate of drug-likeness (QED) is 0.399. The van der Waals surface area contributed by atoms with E-state index in [4.69, 9.17) is 0 Å². The van der Waals surface area contributed by atoms with Gasteiger partial charge in [-0.2, -0.15) is 0 Å². The highest BCUT2D eigenvalue weighted by Crippen LogP contribution is 2.52. The summed E-state index contributed by atoms with van der Waals surface area (Å²) in [6, 6.07) is 0. The minimum atomic E-state index is 0.444. The van der Waals surface area contributed by atoms with E-state index in [1.54, 1.807) is 11.1 Å². The van der Waals surface area contributed by atoms with Gasteiger partial charge in [0.25, 0.3) is 0 Å². The molecule has 1 aliphatic rings. The van der Waals surface area contributed by atoms with E-state index in [9.17, 15) is 0 Å². The zero-order valence-corrected chi connectivity index (χ0v) is 17.6. The molecule has 0 heterocycles. The van der Waals surface area contributed by atoms with Crippen molar-refractivity contribution >= 4 is 0 Å². The minimum absolute atomic E-state index is 0.444. The fourth-order valence-corrected chi connectivity index (χ4v) is 4.78. The Morgan fingerprint density at radius 1 is 0.913 bits per heavy atom. The molecule has 0 aromatic heterocycles. The Labute approximate surface area is 147 Å². The average molecular weight is 321 g/mol. The SMILES string of the molecule is CCC(C)CCCC(C)CCC1C(C)C(C)=C(C)C(C)C1(C)C. The smallest absolute Gasteiger partial charge is 0.0178 e. The van der Waals surface area contributed by atoms with Crippen LogP contribution in [0.3, 0.4) is 0 Å². The van der Waals surface area contributed by atoms with Crippen LogP contribution < -0.4 is 0 Å². The molecule has 0 N–H and O–H groups in total. The summed E-state index contributed by atoms with van der Waals surface area (Å²) in [4.78, 5) is 0. The van der Waals surface area contributed by atoms with Crippen LogP contribution in [0.1, 0.15) is 101 Å². The highest BCUT2D eigenvalue weighted by atomic mass is 14.5. The lowest BCUT2D eigenvalue weighted by Crippen LogP contribution is -2.40. The molecule has 1 aliphatic carbocycles. The topological polar surface area (TPSA) is 0 Å². The van der Waals surface area contributed by atoms with Crippen molar-refractivity contribution in [3.05, 3.63) is 11.1 Å². The van der Waals surface area contributed by atoms with E-state index >= 15 is 0 Å². The monoisotopic (exact) mass is 320 g/mol. The maximum absolute atomic E-state index is 2.52. The van der Waals surface area contributed by atoms with Gasteiger partial charge in [0.15, 0.2) is 0 Å². The van der Waals surface area contributed by atoms with Crippen LogP contribution in [0.2, 0.25) is 0 Å². The second kappa shape index (κ2) is 8.72. The van der Waals surface area contributed by atoms with E-state index in [1.807, 2.05) is 0 Å². The van der Waals surface area contributed by atoms with Crippen LogP contribution in [-0.2, 0) is 0 Å². The molecule has 0 aliphatic heterocycles. The van der Waals surface area contributed by atoms with E-state index in [2.05, 4.69) is 62.3 Å². The van der Waals surface area contributed by atoms with Crippen LogP contribution in [0.5, 0.6) is 0 Å². The Kier molecular flexibility index (Phi) is 7.88. The van der Waals surface area contributed by atoms with Crippen LogP contribution >= 0.6 is 0 Å². The van der Waals surface area contributed by atoms with E-state index < -0.39 is 0 Å². The van der Waals surface area contributed by atoms with Crippen LogP contribution in [0.25, 0.3) is 0 Å². The van der Waals surface area contributed by atoms with E-state index in [0.717, 1.165) is 29.6 Å². The third-order valence-electron chi connectivity index (χ3n) is 7.69. The van der Waals surface area contributed by atoms with Gasteiger partial charge in [0.1, 0.15) is 0 Å². The second-order valence-corrected chi connectivity index (χ2v) is 9.43. The third-order valence-corrected chi connectivity index (χ3v) is 7.69. The Balaban J connectivity index is 2.56. The Bertz CT molecular complexity index is 387. The lowest BCUT2D eigenvalue weighted by Gasteiger charge is -2.49. The number of rotatable bonds is 8. The first kappa shape index (κ1) is 20.8. The van der Waals surface area contributed by atoms with Crippen LogP contribution in [-0.4, -0.2) is 0 Å². The molecule has 0 amide bonds. The standard InChI is InChI=1S/C23H44/c1-10-16(2)12-11-13-17(3)14-15-22-20(6)18(4)19(5)21(7)23(22,8)9/h16-17,20-22H,10-15H2,1-9H3. The molecule has 0 bridgehead atoms. The van der Waals surface area contributed by atoms with E-state index in [1.165, 1.54) is 38.5 Å². The van der Waals surface area contributed by atoms with Crippen LogP contribution in [0.4, 0.5) is 0 Å². The van der Waals surface area contributed by atoms with Gasteiger partial charge in [-0.15, -0.1) is 0 Å². The first-order valence-electron chi connectivity index (χ1n) is 10.3. The van der Waals surface area contributed by atoms with E-state index in [0.29, 0.717) is 5.41 Å². The summed E-state index contributed by atoms with van der Waals surface area (Å²) in [6.07, 6.45) is 8.43. The molecule has 0 aromatic rings. The van der Waals surface area contributed by atoms with Crippen molar-refractivity contribution in [3.63, 3.8) is 0 Å². The minimum Gasteiger partial charge on any atom is -0.0710 e. The van der Waals surface area contributed by atoms with Gasteiger partial charge in [0.05, 0.1) is 0 Å². The number of hydrogen-bond acceptors (Lipinski definition) is 0. The van der Waals surface area contributed by atoms with Crippen LogP contribution in [0, 0.1) is 35.0 Å². The fraction of sp³-hybridized carbons (Fsp3) is 0.913. The Morgan fingerprint density at radius 3 is 2.04 bits per heavy atom. The van der Waals surface area contributed by atoms with E-state index in [-0.39, 0.29) is 0 Å². The van der Waals surface area contributed by atoms with Gasteiger partial charge in [0.2, 0.25) is 0 Å². The zero-order chi connectivity index (χ0) is 17.8. The third kappa shape index (κ3) is 5.10. The van der Waals surface area contributed by atoms with Gasteiger partial charge in [0, 0.05) is 0 Å². The summed E-state index contributed by atoms with van der Waals surface area (Å²) in [5.41, 5.74) is 3.77. The molecular weight excluding hydrogens is 276 g/mol. The molecule has 5 atom stereocenters. The molecule has 0 saturated carbocycles. The zero-order valence-electron chi connectivity index (χ0n) is 17.6. The van der Waals surface area contributed by atoms with Gasteiger partial charge in [-0.1, -0.05) is 91.7 Å². The summed E-state index contributed by atoms with van der Waals surface area (Å²) in [7, 11) is 0. The summed E-state index contributed by atoms with van der Waals surface area (Å²) in [5.74, 6) is 4.14. The summed E-state index contributed by atoms with van der Waals surface area (Å²) >= 11 is 0. The maximum atomic E-state index is 2.52. The Hall–Kier alpha value is -0.260. The van der Waals surface area contributed by atoms with Crippen molar-refractivity contribution < 1.29 is 0 Å². The first-order valence-corrected chi connectivity index (χ1v) is 10.3. The second-order valence-electron chi connectivity index (χ2n) is 9.43. The summed E-state index contributed by atoms with van der Waals surface area (Å²) < 4.78 is 0. The summed E-state index contributed by atoms with van der Waals surface area (Å²) in [5, 5.41) is 0.